The van der Waals surface area contributed by atoms with E-state index in [0.717, 1.165) is 19.4 Å². The first kappa shape index (κ1) is 16.0. The van der Waals surface area contributed by atoms with Crippen LogP contribution >= 0.6 is 0 Å². The van der Waals surface area contributed by atoms with Crippen molar-refractivity contribution in [1.29, 1.82) is 0 Å². The minimum absolute atomic E-state index is 0.0438. The van der Waals surface area contributed by atoms with Crippen LogP contribution in [0.4, 0.5) is 4.79 Å². The normalized spacial score (nSPS) is 22.1. The highest BCUT2D eigenvalue weighted by atomic mass is 16.5. The van der Waals surface area contributed by atoms with E-state index in [9.17, 15) is 9.59 Å². The van der Waals surface area contributed by atoms with E-state index in [1.54, 1.807) is 9.80 Å². The third-order valence-electron chi connectivity index (χ3n) is 3.81. The molecule has 0 aliphatic carbocycles. The summed E-state index contributed by atoms with van der Waals surface area (Å²) in [7, 11) is 1.36. The molecule has 0 saturated carbocycles. The molecule has 0 radical (unpaired) electrons. The van der Waals surface area contributed by atoms with Crippen molar-refractivity contribution in [3.8, 4) is 0 Å². The smallest absolute Gasteiger partial charge is 0.320 e. The Morgan fingerprint density at radius 3 is 2.67 bits per heavy atom. The summed E-state index contributed by atoms with van der Waals surface area (Å²) < 4.78 is 15.5. The van der Waals surface area contributed by atoms with Crippen LogP contribution in [0.1, 0.15) is 19.3 Å². The van der Waals surface area contributed by atoms with Crippen LogP contribution in [0.15, 0.2) is 0 Å². The fourth-order valence-electron chi connectivity index (χ4n) is 2.58. The molecule has 2 amide bonds. The van der Waals surface area contributed by atoms with E-state index in [2.05, 4.69) is 4.74 Å². The largest absolute Gasteiger partial charge is 0.469 e. The van der Waals surface area contributed by atoms with E-state index in [-0.39, 0.29) is 24.5 Å². The van der Waals surface area contributed by atoms with Crippen LogP contribution < -0.4 is 0 Å². The lowest BCUT2D eigenvalue weighted by Gasteiger charge is -2.33. The number of morpholine rings is 1. The molecule has 21 heavy (non-hydrogen) atoms. The van der Waals surface area contributed by atoms with Crippen molar-refractivity contribution in [2.75, 3.05) is 53.1 Å². The van der Waals surface area contributed by atoms with Gasteiger partial charge in [-0.1, -0.05) is 0 Å². The quantitative estimate of drug-likeness (QED) is 0.691. The maximum absolute atomic E-state index is 12.6. The minimum atomic E-state index is -0.304. The summed E-state index contributed by atoms with van der Waals surface area (Å²) in [5, 5.41) is 0. The molecule has 2 aliphatic heterocycles. The first-order valence-electron chi connectivity index (χ1n) is 7.50. The van der Waals surface area contributed by atoms with Crippen molar-refractivity contribution in [3.63, 3.8) is 0 Å². The van der Waals surface area contributed by atoms with Crippen molar-refractivity contribution < 1.29 is 23.8 Å². The predicted molar refractivity (Wildman–Crippen MR) is 75.0 cm³/mol. The molecular formula is C14H24N2O5. The number of urea groups is 1. The summed E-state index contributed by atoms with van der Waals surface area (Å²) in [4.78, 5) is 27.4. The van der Waals surface area contributed by atoms with Crippen LogP contribution in [0.5, 0.6) is 0 Å². The summed E-state index contributed by atoms with van der Waals surface area (Å²) >= 11 is 0. The van der Waals surface area contributed by atoms with Crippen LogP contribution in [-0.2, 0) is 19.0 Å². The molecule has 0 aromatic heterocycles. The number of esters is 1. The Kier molecular flexibility index (Phi) is 6.25. The van der Waals surface area contributed by atoms with E-state index in [1.165, 1.54) is 7.11 Å². The predicted octanol–water partition coefficient (Wildman–Crippen LogP) is 0.483. The third-order valence-corrected chi connectivity index (χ3v) is 3.81. The Morgan fingerprint density at radius 2 is 2.05 bits per heavy atom. The summed E-state index contributed by atoms with van der Waals surface area (Å²) in [5.41, 5.74) is 0. The van der Waals surface area contributed by atoms with Crippen LogP contribution in [-0.4, -0.2) is 81.0 Å². The third kappa shape index (κ3) is 4.86. The fraction of sp³-hybridized carbons (Fsp3) is 0.857. The van der Waals surface area contributed by atoms with Crippen molar-refractivity contribution in [2.24, 2.45) is 0 Å². The molecule has 2 heterocycles. The number of carbonyl (C=O) groups excluding carboxylic acids is 2. The lowest BCUT2D eigenvalue weighted by molar-refractivity contribution is -0.140. The molecule has 1 unspecified atom stereocenters. The van der Waals surface area contributed by atoms with Gasteiger partial charge in [0.25, 0.3) is 0 Å². The standard InChI is InChI=1S/C14H24N2O5/c1-19-13(17)4-5-16(11-12-3-2-8-21-12)14(18)15-6-9-20-10-7-15/h12H,2-11H2,1H3. The van der Waals surface area contributed by atoms with Crippen molar-refractivity contribution in [3.05, 3.63) is 0 Å². The Balaban J connectivity index is 1.91. The summed E-state index contributed by atoms with van der Waals surface area (Å²) in [5.74, 6) is -0.304. The summed E-state index contributed by atoms with van der Waals surface area (Å²) in [6.07, 6.45) is 2.28. The van der Waals surface area contributed by atoms with Crippen LogP contribution in [0.2, 0.25) is 0 Å². The second-order valence-electron chi connectivity index (χ2n) is 5.29. The summed E-state index contributed by atoms with van der Waals surface area (Å²) in [6.45, 7) is 3.97. The number of hydrogen-bond donors (Lipinski definition) is 0. The number of hydrogen-bond acceptors (Lipinski definition) is 5. The van der Waals surface area contributed by atoms with Crippen molar-refractivity contribution >= 4 is 12.0 Å². The second-order valence-corrected chi connectivity index (χ2v) is 5.29. The van der Waals surface area contributed by atoms with Gasteiger partial charge in [0.05, 0.1) is 32.8 Å². The van der Waals surface area contributed by atoms with Gasteiger partial charge in [0.1, 0.15) is 0 Å². The molecule has 0 aromatic rings. The number of amides is 2. The number of nitrogens with zero attached hydrogens (tertiary/aromatic N) is 2. The van der Waals surface area contributed by atoms with Gasteiger partial charge in [-0.2, -0.15) is 0 Å². The number of methoxy groups -OCH3 is 1. The van der Waals surface area contributed by atoms with Gasteiger partial charge in [0, 0.05) is 32.8 Å². The highest BCUT2D eigenvalue weighted by Crippen LogP contribution is 2.15. The van der Waals surface area contributed by atoms with Gasteiger partial charge in [-0.3, -0.25) is 4.79 Å². The number of ether oxygens (including phenoxy) is 3. The zero-order chi connectivity index (χ0) is 15.1. The van der Waals surface area contributed by atoms with E-state index in [1.807, 2.05) is 0 Å². The van der Waals surface area contributed by atoms with Gasteiger partial charge in [0.15, 0.2) is 0 Å². The molecule has 2 saturated heterocycles. The Hall–Kier alpha value is -1.34. The Morgan fingerprint density at radius 1 is 1.29 bits per heavy atom. The van der Waals surface area contributed by atoms with Crippen LogP contribution in [0, 0.1) is 0 Å². The molecule has 2 aliphatic rings. The topological polar surface area (TPSA) is 68.3 Å². The molecule has 7 nitrogen and oxygen atoms in total. The lowest BCUT2D eigenvalue weighted by Crippen LogP contribution is -2.50. The fourth-order valence-corrected chi connectivity index (χ4v) is 2.58. The Bertz CT molecular complexity index is 351. The average Bonchev–Trinajstić information content (AvgIpc) is 3.04. The summed E-state index contributed by atoms with van der Waals surface area (Å²) in [6, 6.07) is -0.0438. The molecule has 0 N–H and O–H groups in total. The SMILES string of the molecule is COC(=O)CCN(CC1CCCO1)C(=O)N1CCOCC1. The zero-order valence-corrected chi connectivity index (χ0v) is 12.6. The van der Waals surface area contributed by atoms with E-state index in [0.29, 0.717) is 39.4 Å². The molecule has 120 valence electrons. The zero-order valence-electron chi connectivity index (χ0n) is 12.6. The molecule has 1 atom stereocenters. The Labute approximate surface area is 125 Å². The maximum atomic E-state index is 12.6. The van der Waals surface area contributed by atoms with Crippen molar-refractivity contribution in [1.82, 2.24) is 9.80 Å². The molecular weight excluding hydrogens is 276 g/mol. The lowest BCUT2D eigenvalue weighted by atomic mass is 10.2. The number of rotatable bonds is 5. The molecule has 0 spiro atoms. The average molecular weight is 300 g/mol. The monoisotopic (exact) mass is 300 g/mol. The molecule has 2 rings (SSSR count). The van der Waals surface area contributed by atoms with E-state index < -0.39 is 0 Å². The highest BCUT2D eigenvalue weighted by molar-refractivity contribution is 5.76. The van der Waals surface area contributed by atoms with Gasteiger partial charge < -0.3 is 24.0 Å². The molecule has 7 heteroatoms. The van der Waals surface area contributed by atoms with Gasteiger partial charge in [0.2, 0.25) is 0 Å². The van der Waals surface area contributed by atoms with Gasteiger partial charge in [-0.15, -0.1) is 0 Å². The highest BCUT2D eigenvalue weighted by Gasteiger charge is 2.27. The second kappa shape index (κ2) is 8.19. The first-order valence-corrected chi connectivity index (χ1v) is 7.50. The maximum Gasteiger partial charge on any atom is 0.320 e. The van der Waals surface area contributed by atoms with Gasteiger partial charge >= 0.3 is 12.0 Å². The van der Waals surface area contributed by atoms with Crippen LogP contribution in [0.25, 0.3) is 0 Å². The van der Waals surface area contributed by atoms with E-state index >= 15 is 0 Å². The number of carbonyl (C=O) groups is 2. The first-order chi connectivity index (χ1) is 10.2. The van der Waals surface area contributed by atoms with E-state index in [4.69, 9.17) is 9.47 Å². The molecule has 2 fully saturated rings. The molecule has 0 aromatic carbocycles. The van der Waals surface area contributed by atoms with Gasteiger partial charge in [-0.05, 0) is 12.8 Å². The molecule has 0 bridgehead atoms. The van der Waals surface area contributed by atoms with Crippen LogP contribution in [0.3, 0.4) is 0 Å². The van der Waals surface area contributed by atoms with Gasteiger partial charge in [-0.25, -0.2) is 4.79 Å². The van der Waals surface area contributed by atoms with Crippen molar-refractivity contribution in [2.45, 2.75) is 25.4 Å². The minimum Gasteiger partial charge on any atom is -0.469 e.